The number of aryl methyl sites for hydroxylation is 2. The van der Waals surface area contributed by atoms with E-state index in [1.165, 1.54) is 11.3 Å². The molecule has 1 saturated heterocycles. The molecule has 1 aliphatic heterocycles. The van der Waals surface area contributed by atoms with Gasteiger partial charge in [-0.25, -0.2) is 0 Å². The summed E-state index contributed by atoms with van der Waals surface area (Å²) in [6.45, 7) is 6.69. The smallest absolute Gasteiger partial charge is 0.265 e. The maximum Gasteiger partial charge on any atom is 0.265 e. The van der Waals surface area contributed by atoms with Crippen molar-refractivity contribution < 1.29 is 14.4 Å². The highest BCUT2D eigenvalue weighted by Crippen LogP contribution is 2.30. The van der Waals surface area contributed by atoms with Gasteiger partial charge < -0.3 is 4.90 Å². The molecule has 1 fully saturated rings. The molecule has 1 amide bonds. The lowest BCUT2D eigenvalue weighted by molar-refractivity contribution is -0.129. The van der Waals surface area contributed by atoms with Crippen molar-refractivity contribution in [3.63, 3.8) is 0 Å². The highest BCUT2D eigenvalue weighted by atomic mass is 32.1. The Morgan fingerprint density at radius 1 is 1.10 bits per heavy atom. The van der Waals surface area contributed by atoms with Crippen molar-refractivity contribution in [2.75, 3.05) is 13.1 Å². The van der Waals surface area contributed by atoms with Gasteiger partial charge in [0, 0.05) is 31.5 Å². The molecule has 5 nitrogen and oxygen atoms in total. The highest BCUT2D eigenvalue weighted by Gasteiger charge is 2.31. The van der Waals surface area contributed by atoms with Gasteiger partial charge in [0.15, 0.2) is 0 Å². The molecular weight excluding hydrogens is 396 g/mol. The number of thiazole rings is 1. The van der Waals surface area contributed by atoms with Gasteiger partial charge in [0.2, 0.25) is 0 Å². The van der Waals surface area contributed by atoms with Crippen LogP contribution in [0.1, 0.15) is 70.5 Å². The summed E-state index contributed by atoms with van der Waals surface area (Å²) < 4.78 is 0. The second-order valence-corrected chi connectivity index (χ2v) is 8.52. The van der Waals surface area contributed by atoms with Crippen LogP contribution in [0.3, 0.4) is 0 Å². The van der Waals surface area contributed by atoms with Crippen molar-refractivity contribution in [3.8, 4) is 11.8 Å². The zero-order valence-corrected chi connectivity index (χ0v) is 18.5. The Labute approximate surface area is 181 Å². The molecule has 0 N–H and O–H groups in total. The first-order chi connectivity index (χ1) is 14.4. The largest absolute Gasteiger partial charge is 0.338 e. The number of carbonyl (C=O) groups is 3. The molecule has 0 spiro atoms. The molecule has 6 heteroatoms. The second kappa shape index (κ2) is 9.82. The minimum atomic E-state index is -0.725. The number of hydrogen-bond acceptors (Lipinski definition) is 5. The van der Waals surface area contributed by atoms with Gasteiger partial charge in [-0.1, -0.05) is 5.92 Å². The van der Waals surface area contributed by atoms with E-state index in [1.54, 1.807) is 23.5 Å². The number of amides is 1. The molecule has 0 saturated carbocycles. The first-order valence-corrected chi connectivity index (χ1v) is 11.1. The number of ketones is 2. The van der Waals surface area contributed by atoms with Crippen molar-refractivity contribution in [1.29, 1.82) is 0 Å². The molecule has 0 aliphatic carbocycles. The van der Waals surface area contributed by atoms with E-state index in [9.17, 15) is 14.4 Å². The van der Waals surface area contributed by atoms with Crippen LogP contribution in [-0.4, -0.2) is 40.4 Å². The normalized spacial score (nSPS) is 16.2. The van der Waals surface area contributed by atoms with E-state index in [0.29, 0.717) is 30.8 Å². The van der Waals surface area contributed by atoms with E-state index in [4.69, 9.17) is 0 Å². The molecule has 1 aromatic heterocycles. The Morgan fingerprint density at radius 2 is 1.70 bits per heavy atom. The second-order valence-electron chi connectivity index (χ2n) is 7.63. The van der Waals surface area contributed by atoms with Gasteiger partial charge in [0.25, 0.3) is 5.91 Å². The van der Waals surface area contributed by atoms with Crippen LogP contribution in [0.4, 0.5) is 0 Å². The Hall–Kier alpha value is -2.78. The van der Waals surface area contributed by atoms with Crippen LogP contribution in [0.5, 0.6) is 0 Å². The van der Waals surface area contributed by atoms with Crippen LogP contribution in [0, 0.1) is 25.7 Å². The fourth-order valence-corrected chi connectivity index (χ4v) is 4.70. The number of rotatable bonds is 2. The Kier molecular flexibility index (Phi) is 7.17. The zero-order valence-electron chi connectivity index (χ0n) is 17.7. The molecule has 1 aliphatic rings. The minimum absolute atomic E-state index is 0.0624. The van der Waals surface area contributed by atoms with Gasteiger partial charge in [-0.2, -0.15) is 0 Å². The summed E-state index contributed by atoms with van der Waals surface area (Å²) in [5.41, 5.74) is 5.21. The fraction of sp³-hybridized carbons (Fsp3) is 0.417. The van der Waals surface area contributed by atoms with Gasteiger partial charge in [0.05, 0.1) is 11.7 Å². The quantitative estimate of drug-likeness (QED) is 0.540. The maximum atomic E-state index is 13.1. The predicted molar refractivity (Wildman–Crippen MR) is 118 cm³/mol. The van der Waals surface area contributed by atoms with Gasteiger partial charge in [-0.05, 0) is 62.4 Å². The molecule has 1 aromatic carbocycles. The number of benzene rings is 1. The number of carbonyl (C=O) groups excluding carboxylic acids is 3. The Balaban J connectivity index is 1.82. The van der Waals surface area contributed by atoms with Crippen molar-refractivity contribution in [2.24, 2.45) is 0 Å². The fourth-order valence-electron chi connectivity index (χ4n) is 4.12. The van der Waals surface area contributed by atoms with Crippen LogP contribution in [0.15, 0.2) is 23.8 Å². The van der Waals surface area contributed by atoms with Crippen LogP contribution in [-0.2, 0) is 9.59 Å². The van der Waals surface area contributed by atoms with Gasteiger partial charge in [-0.3, -0.25) is 19.4 Å². The van der Waals surface area contributed by atoms with E-state index in [-0.39, 0.29) is 30.3 Å². The molecular formula is C24H26N2O3S. The maximum absolute atomic E-state index is 13.1. The summed E-state index contributed by atoms with van der Waals surface area (Å²) in [5, 5.41) is 0. The molecule has 2 heterocycles. The van der Waals surface area contributed by atoms with Crippen molar-refractivity contribution >= 4 is 28.8 Å². The average molecular weight is 423 g/mol. The first-order valence-electron chi connectivity index (χ1n) is 10.2. The van der Waals surface area contributed by atoms with Crippen LogP contribution in [0.25, 0.3) is 0 Å². The first kappa shape index (κ1) is 21.9. The van der Waals surface area contributed by atoms with E-state index < -0.39 is 5.92 Å². The van der Waals surface area contributed by atoms with Crippen molar-refractivity contribution in [1.82, 2.24) is 9.88 Å². The number of nitrogens with zero attached hydrogens (tertiary/aromatic N) is 2. The summed E-state index contributed by atoms with van der Waals surface area (Å²) in [6, 6.07) is 3.90. The lowest BCUT2D eigenvalue weighted by Gasteiger charge is -2.26. The topological polar surface area (TPSA) is 67.3 Å². The minimum Gasteiger partial charge on any atom is -0.338 e. The van der Waals surface area contributed by atoms with Crippen LogP contribution in [0.2, 0.25) is 0 Å². The molecule has 156 valence electrons. The molecule has 3 rings (SSSR count). The average Bonchev–Trinajstić information content (AvgIpc) is 3.23. The zero-order chi connectivity index (χ0) is 21.7. The monoisotopic (exact) mass is 422 g/mol. The summed E-state index contributed by atoms with van der Waals surface area (Å²) in [7, 11) is 0. The molecule has 0 radical (unpaired) electrons. The molecule has 0 unspecified atom stereocenters. The van der Waals surface area contributed by atoms with E-state index in [2.05, 4.69) is 16.8 Å². The van der Waals surface area contributed by atoms with Gasteiger partial charge in [0.1, 0.15) is 22.4 Å². The van der Waals surface area contributed by atoms with E-state index >= 15 is 0 Å². The number of hydrogen-bond donors (Lipinski definition) is 0. The summed E-state index contributed by atoms with van der Waals surface area (Å²) >= 11 is 1.31. The summed E-state index contributed by atoms with van der Waals surface area (Å²) in [5.74, 6) is 5.02. The van der Waals surface area contributed by atoms with Crippen LogP contribution < -0.4 is 0 Å². The third-order valence-electron chi connectivity index (χ3n) is 5.43. The van der Waals surface area contributed by atoms with Gasteiger partial charge in [-0.15, -0.1) is 17.3 Å². The van der Waals surface area contributed by atoms with E-state index in [0.717, 1.165) is 22.3 Å². The third-order valence-corrected chi connectivity index (χ3v) is 6.19. The Morgan fingerprint density at radius 3 is 2.20 bits per heavy atom. The molecule has 0 bridgehead atoms. The predicted octanol–water partition coefficient (Wildman–Crippen LogP) is 4.07. The molecule has 2 aromatic rings. The third kappa shape index (κ3) is 4.85. The lowest BCUT2D eigenvalue weighted by Crippen LogP contribution is -2.35. The standard InChI is InChI=1S/C24H26N2O3S/c1-4-7-18-12-16(2)22(17(3)13-18)23-19(27)8-5-10-26(11-6-9-20(23)28)24(29)21-14-25-15-30-21/h12-15,23H,5-6,8-11H2,1-3H3. The Bertz CT molecular complexity index is 970. The highest BCUT2D eigenvalue weighted by molar-refractivity contribution is 7.11. The van der Waals surface area contributed by atoms with E-state index in [1.807, 2.05) is 26.0 Å². The van der Waals surface area contributed by atoms with Crippen molar-refractivity contribution in [3.05, 3.63) is 51.0 Å². The summed E-state index contributed by atoms with van der Waals surface area (Å²) in [6.07, 6.45) is 3.21. The van der Waals surface area contributed by atoms with Gasteiger partial charge >= 0.3 is 0 Å². The molecule has 0 atom stereocenters. The lowest BCUT2D eigenvalue weighted by atomic mass is 9.81. The SMILES string of the molecule is CC#Cc1cc(C)c(C2C(=O)CCCN(C(=O)c3cncs3)CCCC2=O)c(C)c1. The van der Waals surface area contributed by atoms with Crippen molar-refractivity contribution in [2.45, 2.75) is 52.4 Å². The number of Topliss-reactive ketones (excluding diaryl/α,β-unsaturated/α-hetero) is 2. The van der Waals surface area contributed by atoms with Crippen LogP contribution >= 0.6 is 11.3 Å². The number of aromatic nitrogens is 1. The summed E-state index contributed by atoms with van der Waals surface area (Å²) in [4.78, 5) is 45.2. The molecule has 30 heavy (non-hydrogen) atoms.